The van der Waals surface area contributed by atoms with Crippen LogP contribution < -0.4 is 9.64 Å². The largest absolute Gasteiger partial charge is 0.497 e. The van der Waals surface area contributed by atoms with E-state index in [9.17, 15) is 4.79 Å². The zero-order valence-electron chi connectivity index (χ0n) is 14.4. The minimum atomic E-state index is -0.381. The van der Waals surface area contributed by atoms with E-state index >= 15 is 0 Å². The number of nitrogens with zero attached hydrogens (tertiary/aromatic N) is 3. The molecule has 1 amide bonds. The minimum Gasteiger partial charge on any atom is -0.497 e. The van der Waals surface area contributed by atoms with Gasteiger partial charge in [-0.05, 0) is 37.5 Å². The third-order valence-electron chi connectivity index (χ3n) is 4.86. The number of likely N-dealkylation sites (tertiary alicyclic amines) is 1. The molecular formula is C18H23N3O3S. The number of rotatable bonds is 3. The van der Waals surface area contributed by atoms with Crippen LogP contribution in [0.1, 0.15) is 19.3 Å². The number of morpholine rings is 1. The zero-order chi connectivity index (χ0) is 17.2. The van der Waals surface area contributed by atoms with Gasteiger partial charge in [0.2, 0.25) is 0 Å². The van der Waals surface area contributed by atoms with Crippen LogP contribution in [0.15, 0.2) is 18.2 Å². The van der Waals surface area contributed by atoms with Crippen LogP contribution in [0.3, 0.4) is 0 Å². The van der Waals surface area contributed by atoms with Crippen LogP contribution in [0.2, 0.25) is 0 Å². The van der Waals surface area contributed by atoms with E-state index in [0.717, 1.165) is 53.6 Å². The Hall–Kier alpha value is -1.86. The molecule has 4 rings (SSSR count). The van der Waals surface area contributed by atoms with Crippen molar-refractivity contribution in [2.45, 2.75) is 25.4 Å². The second kappa shape index (κ2) is 7.17. The van der Waals surface area contributed by atoms with Crippen molar-refractivity contribution in [1.29, 1.82) is 0 Å². The highest BCUT2D eigenvalue weighted by molar-refractivity contribution is 7.22. The number of benzene rings is 1. The molecule has 6 nitrogen and oxygen atoms in total. The fourth-order valence-electron chi connectivity index (χ4n) is 3.45. The number of aromatic nitrogens is 1. The molecule has 2 aliphatic rings. The number of piperidine rings is 1. The number of methoxy groups -OCH3 is 1. The van der Waals surface area contributed by atoms with Gasteiger partial charge >= 0.3 is 0 Å². The third-order valence-corrected chi connectivity index (χ3v) is 5.94. The van der Waals surface area contributed by atoms with Crippen molar-refractivity contribution in [3.05, 3.63) is 18.2 Å². The molecule has 25 heavy (non-hydrogen) atoms. The molecule has 0 saturated carbocycles. The van der Waals surface area contributed by atoms with Gasteiger partial charge in [-0.25, -0.2) is 4.98 Å². The van der Waals surface area contributed by atoms with E-state index in [1.165, 1.54) is 6.42 Å². The van der Waals surface area contributed by atoms with Gasteiger partial charge in [0.15, 0.2) is 11.2 Å². The van der Waals surface area contributed by atoms with E-state index < -0.39 is 0 Å². The Balaban J connectivity index is 1.49. The van der Waals surface area contributed by atoms with Gasteiger partial charge in [-0.15, -0.1) is 0 Å². The van der Waals surface area contributed by atoms with Crippen molar-refractivity contribution in [1.82, 2.24) is 9.88 Å². The van der Waals surface area contributed by atoms with Gasteiger partial charge in [-0.2, -0.15) is 0 Å². The summed E-state index contributed by atoms with van der Waals surface area (Å²) in [6.45, 7) is 3.62. The lowest BCUT2D eigenvalue weighted by Crippen LogP contribution is -2.52. The average molecular weight is 361 g/mol. The Morgan fingerprint density at radius 2 is 2.12 bits per heavy atom. The highest BCUT2D eigenvalue weighted by atomic mass is 32.1. The number of anilines is 1. The third kappa shape index (κ3) is 3.43. The molecule has 0 aliphatic carbocycles. The van der Waals surface area contributed by atoms with Gasteiger partial charge in [0.25, 0.3) is 5.91 Å². The number of thiazole rings is 1. The summed E-state index contributed by atoms with van der Waals surface area (Å²) in [6.07, 6.45) is 3.04. The summed E-state index contributed by atoms with van der Waals surface area (Å²) in [5, 5.41) is 0.947. The molecule has 2 aliphatic heterocycles. The van der Waals surface area contributed by atoms with Crippen LogP contribution in [-0.4, -0.2) is 61.8 Å². The Morgan fingerprint density at radius 1 is 1.28 bits per heavy atom. The van der Waals surface area contributed by atoms with E-state index in [0.29, 0.717) is 13.2 Å². The van der Waals surface area contributed by atoms with Gasteiger partial charge < -0.3 is 19.3 Å². The maximum Gasteiger partial charge on any atom is 0.253 e. The van der Waals surface area contributed by atoms with Crippen LogP contribution >= 0.6 is 11.3 Å². The molecule has 0 bridgehead atoms. The summed E-state index contributed by atoms with van der Waals surface area (Å²) in [5.41, 5.74) is 0.964. The number of amides is 1. The normalized spacial score (nSPS) is 21.6. The standard InChI is InChI=1S/C18H23N3O3S/c1-23-13-5-6-14-16(11-13)25-18(19-14)21-9-10-24-15(12-21)17(22)20-7-3-2-4-8-20/h5-6,11,15H,2-4,7-10,12H2,1H3. The number of fused-ring (bicyclic) bond motifs is 1. The number of carbonyl (C=O) groups is 1. The van der Waals surface area contributed by atoms with Gasteiger partial charge in [0.05, 0.1) is 30.5 Å². The first-order valence-corrected chi connectivity index (χ1v) is 9.66. The van der Waals surface area contributed by atoms with Crippen molar-refractivity contribution in [2.24, 2.45) is 0 Å². The summed E-state index contributed by atoms with van der Waals surface area (Å²) < 4.78 is 12.2. The summed E-state index contributed by atoms with van der Waals surface area (Å²) in [6, 6.07) is 5.91. The molecule has 2 fully saturated rings. The molecule has 1 atom stereocenters. The molecule has 1 unspecified atom stereocenters. The molecule has 0 N–H and O–H groups in total. The van der Waals surface area contributed by atoms with Crippen LogP contribution in [0.5, 0.6) is 5.75 Å². The molecule has 134 valence electrons. The first-order chi connectivity index (χ1) is 12.2. The number of carbonyl (C=O) groups excluding carboxylic acids is 1. The summed E-state index contributed by atoms with van der Waals surface area (Å²) in [7, 11) is 1.67. The van der Waals surface area contributed by atoms with E-state index in [-0.39, 0.29) is 12.0 Å². The number of hydrogen-bond donors (Lipinski definition) is 0. The predicted molar refractivity (Wildman–Crippen MR) is 98.6 cm³/mol. The van der Waals surface area contributed by atoms with Crippen LogP contribution in [0.4, 0.5) is 5.13 Å². The SMILES string of the molecule is COc1ccc2nc(N3CCOC(C(=O)N4CCCCC4)C3)sc2c1. The quantitative estimate of drug-likeness (QED) is 0.841. The molecule has 0 spiro atoms. The summed E-state index contributed by atoms with van der Waals surface area (Å²) in [5.74, 6) is 0.968. The summed E-state index contributed by atoms with van der Waals surface area (Å²) >= 11 is 1.64. The van der Waals surface area contributed by atoms with Crippen LogP contribution in [0, 0.1) is 0 Å². The second-order valence-electron chi connectivity index (χ2n) is 6.52. The Morgan fingerprint density at radius 3 is 2.92 bits per heavy atom. The highest BCUT2D eigenvalue weighted by Gasteiger charge is 2.31. The first kappa shape index (κ1) is 16.6. The topological polar surface area (TPSA) is 54.9 Å². The second-order valence-corrected chi connectivity index (χ2v) is 7.53. The molecule has 0 radical (unpaired) electrons. The van der Waals surface area contributed by atoms with Crippen LogP contribution in [0.25, 0.3) is 10.2 Å². The van der Waals surface area contributed by atoms with E-state index in [1.54, 1.807) is 18.4 Å². The first-order valence-electron chi connectivity index (χ1n) is 8.84. The zero-order valence-corrected chi connectivity index (χ0v) is 15.3. The molecule has 2 saturated heterocycles. The minimum absolute atomic E-state index is 0.132. The van der Waals surface area contributed by atoms with Crippen molar-refractivity contribution in [2.75, 3.05) is 44.8 Å². The highest BCUT2D eigenvalue weighted by Crippen LogP contribution is 2.32. The van der Waals surface area contributed by atoms with E-state index in [1.807, 2.05) is 23.1 Å². The van der Waals surface area contributed by atoms with Gasteiger partial charge in [0.1, 0.15) is 5.75 Å². The van der Waals surface area contributed by atoms with Gasteiger partial charge in [0, 0.05) is 19.6 Å². The fourth-order valence-corrected chi connectivity index (χ4v) is 4.47. The van der Waals surface area contributed by atoms with Gasteiger partial charge in [-0.3, -0.25) is 4.79 Å². The van der Waals surface area contributed by atoms with Crippen molar-refractivity contribution < 1.29 is 14.3 Å². The molecule has 1 aromatic carbocycles. The molecule has 3 heterocycles. The van der Waals surface area contributed by atoms with Crippen molar-refractivity contribution in [3.63, 3.8) is 0 Å². The maximum atomic E-state index is 12.7. The maximum absolute atomic E-state index is 12.7. The predicted octanol–water partition coefficient (Wildman–Crippen LogP) is 2.52. The lowest BCUT2D eigenvalue weighted by Gasteiger charge is -2.36. The fraction of sp³-hybridized carbons (Fsp3) is 0.556. The molecular weight excluding hydrogens is 338 g/mol. The Bertz CT molecular complexity index is 757. The van der Waals surface area contributed by atoms with Gasteiger partial charge in [-0.1, -0.05) is 11.3 Å². The smallest absolute Gasteiger partial charge is 0.253 e. The van der Waals surface area contributed by atoms with Crippen molar-refractivity contribution >= 4 is 32.6 Å². The van der Waals surface area contributed by atoms with Crippen molar-refractivity contribution in [3.8, 4) is 5.75 Å². The molecule has 2 aromatic rings. The average Bonchev–Trinajstić information content (AvgIpc) is 3.11. The molecule has 7 heteroatoms. The summed E-state index contributed by atoms with van der Waals surface area (Å²) in [4.78, 5) is 21.6. The number of ether oxygens (including phenoxy) is 2. The number of hydrogen-bond acceptors (Lipinski definition) is 6. The monoisotopic (exact) mass is 361 g/mol. The lowest BCUT2D eigenvalue weighted by atomic mass is 10.1. The Kier molecular flexibility index (Phi) is 4.76. The molecule has 1 aromatic heterocycles. The van der Waals surface area contributed by atoms with Crippen LogP contribution in [-0.2, 0) is 9.53 Å². The Labute approximate surface area is 151 Å². The lowest BCUT2D eigenvalue weighted by molar-refractivity contribution is -0.145. The van der Waals surface area contributed by atoms with E-state index in [2.05, 4.69) is 4.90 Å². The van der Waals surface area contributed by atoms with E-state index in [4.69, 9.17) is 14.5 Å².